The lowest BCUT2D eigenvalue weighted by Crippen LogP contribution is -2.15. The van der Waals surface area contributed by atoms with Crippen molar-refractivity contribution < 1.29 is 27.1 Å². The van der Waals surface area contributed by atoms with Gasteiger partial charge in [0.15, 0.2) is 11.4 Å². The first-order valence-electron chi connectivity index (χ1n) is 10.9. The van der Waals surface area contributed by atoms with Gasteiger partial charge in [-0.2, -0.15) is 13.2 Å². The summed E-state index contributed by atoms with van der Waals surface area (Å²) >= 11 is 0. The quantitative estimate of drug-likeness (QED) is 0.364. The molecule has 10 heteroatoms. The number of nitrogens with zero attached hydrogens (tertiary/aromatic N) is 2. The van der Waals surface area contributed by atoms with Crippen molar-refractivity contribution in [2.24, 2.45) is 0 Å². The van der Waals surface area contributed by atoms with E-state index >= 15 is 0 Å². The summed E-state index contributed by atoms with van der Waals surface area (Å²) in [6.07, 6.45) is -3.66. The Labute approximate surface area is 193 Å². The Morgan fingerprint density at radius 2 is 2.00 bits per heavy atom. The molecule has 5 rings (SSSR count). The molecule has 4 aromatic rings. The number of nitrogens with two attached hydrogens (primary N) is 1. The fourth-order valence-corrected chi connectivity index (χ4v) is 4.08. The first-order valence-corrected chi connectivity index (χ1v) is 10.9. The molecular weight excluding hydrogens is 449 g/mol. The van der Waals surface area contributed by atoms with Crippen LogP contribution in [0, 0.1) is 6.92 Å². The summed E-state index contributed by atoms with van der Waals surface area (Å²) in [5, 5.41) is 3.95. The number of nitrogen functional groups attached to an aromatic ring is 1. The van der Waals surface area contributed by atoms with Crippen LogP contribution in [-0.4, -0.2) is 29.3 Å². The normalized spacial score (nSPS) is 17.4. The van der Waals surface area contributed by atoms with Gasteiger partial charge in [0.2, 0.25) is 0 Å². The molecule has 0 bridgehead atoms. The summed E-state index contributed by atoms with van der Waals surface area (Å²) in [5.74, 6) is 1.54. The average Bonchev–Trinajstić information content (AvgIpc) is 3.40. The molecule has 0 radical (unpaired) electrons. The van der Waals surface area contributed by atoms with E-state index in [1.807, 2.05) is 12.1 Å². The number of rotatable bonds is 5. The van der Waals surface area contributed by atoms with Gasteiger partial charge in [0.05, 0.1) is 24.8 Å². The smallest absolute Gasteiger partial charge is 0.416 e. The van der Waals surface area contributed by atoms with Crippen molar-refractivity contribution in [3.8, 4) is 5.75 Å². The number of aryl methyl sites for hydroxylation is 1. The molecule has 1 saturated heterocycles. The number of alkyl halides is 3. The number of hydrogen-bond acceptors (Lipinski definition) is 7. The molecule has 34 heavy (non-hydrogen) atoms. The maximum atomic E-state index is 13.2. The lowest BCUT2D eigenvalue weighted by atomic mass is 10.0. The Kier molecular flexibility index (Phi) is 5.47. The van der Waals surface area contributed by atoms with Crippen LogP contribution in [0.4, 0.5) is 24.7 Å². The van der Waals surface area contributed by atoms with Crippen LogP contribution >= 0.6 is 0 Å². The van der Waals surface area contributed by atoms with Crippen LogP contribution in [0.1, 0.15) is 36.3 Å². The standard InChI is InChI=1S/C24H23F3N4O3/c1-12(14-7-15(24(25,26)27)9-16(28)8-14)29-23-22-21(30-13(2)31-23)19-4-3-17(10-20(19)34-22)33-18-5-6-32-11-18/h3-4,7-10,12,18H,5-6,11,28H2,1-2H3,(H,29,30,31)/t12-,18-/m1/s1. The summed E-state index contributed by atoms with van der Waals surface area (Å²) < 4.78 is 57.1. The number of nitrogens with one attached hydrogen (secondary N) is 1. The van der Waals surface area contributed by atoms with Crippen LogP contribution in [0.15, 0.2) is 40.8 Å². The van der Waals surface area contributed by atoms with E-state index in [9.17, 15) is 13.2 Å². The van der Waals surface area contributed by atoms with E-state index in [-0.39, 0.29) is 11.8 Å². The van der Waals surface area contributed by atoms with Gasteiger partial charge in [0.1, 0.15) is 28.8 Å². The first kappa shape index (κ1) is 22.3. The van der Waals surface area contributed by atoms with Crippen LogP contribution in [0.2, 0.25) is 0 Å². The van der Waals surface area contributed by atoms with Crippen molar-refractivity contribution >= 4 is 33.6 Å². The van der Waals surface area contributed by atoms with Crippen molar-refractivity contribution in [2.75, 3.05) is 24.3 Å². The van der Waals surface area contributed by atoms with Gasteiger partial charge in [-0.15, -0.1) is 0 Å². The molecule has 3 heterocycles. The summed E-state index contributed by atoms with van der Waals surface area (Å²) in [6, 6.07) is 8.50. The van der Waals surface area contributed by atoms with Gasteiger partial charge < -0.3 is 24.9 Å². The monoisotopic (exact) mass is 472 g/mol. The van der Waals surface area contributed by atoms with E-state index in [1.165, 1.54) is 6.07 Å². The Morgan fingerprint density at radius 1 is 1.18 bits per heavy atom. The summed E-state index contributed by atoms with van der Waals surface area (Å²) in [5.41, 5.74) is 6.94. The second-order valence-corrected chi connectivity index (χ2v) is 8.41. The highest BCUT2D eigenvalue weighted by Crippen LogP contribution is 2.36. The Hall–Kier alpha value is -3.53. The third-order valence-electron chi connectivity index (χ3n) is 5.75. The van der Waals surface area contributed by atoms with E-state index in [0.29, 0.717) is 52.9 Å². The average molecular weight is 472 g/mol. The van der Waals surface area contributed by atoms with Gasteiger partial charge in [-0.25, -0.2) is 9.97 Å². The van der Waals surface area contributed by atoms with E-state index in [0.717, 1.165) is 23.9 Å². The van der Waals surface area contributed by atoms with Crippen molar-refractivity contribution in [1.29, 1.82) is 0 Å². The van der Waals surface area contributed by atoms with Gasteiger partial charge in [-0.1, -0.05) is 0 Å². The molecular formula is C24H23F3N4O3. The molecule has 2 aromatic carbocycles. The number of furan rings is 1. The molecule has 3 N–H and O–H groups in total. The van der Waals surface area contributed by atoms with E-state index in [2.05, 4.69) is 15.3 Å². The lowest BCUT2D eigenvalue weighted by Gasteiger charge is -2.18. The molecule has 1 fully saturated rings. The maximum Gasteiger partial charge on any atom is 0.416 e. The van der Waals surface area contributed by atoms with E-state index in [4.69, 9.17) is 19.6 Å². The fraction of sp³-hybridized carbons (Fsp3) is 0.333. The number of ether oxygens (including phenoxy) is 2. The van der Waals surface area contributed by atoms with Gasteiger partial charge in [0, 0.05) is 23.6 Å². The Balaban J connectivity index is 1.50. The van der Waals surface area contributed by atoms with E-state index < -0.39 is 17.8 Å². The summed E-state index contributed by atoms with van der Waals surface area (Å²) in [6.45, 7) is 4.70. The number of fused-ring (bicyclic) bond motifs is 3. The van der Waals surface area contributed by atoms with Crippen molar-refractivity contribution in [3.63, 3.8) is 0 Å². The Morgan fingerprint density at radius 3 is 2.74 bits per heavy atom. The lowest BCUT2D eigenvalue weighted by molar-refractivity contribution is -0.137. The van der Waals surface area contributed by atoms with Crippen LogP contribution < -0.4 is 15.8 Å². The minimum Gasteiger partial charge on any atom is -0.488 e. The van der Waals surface area contributed by atoms with Gasteiger partial charge in [-0.3, -0.25) is 0 Å². The predicted molar refractivity (Wildman–Crippen MR) is 122 cm³/mol. The first-order chi connectivity index (χ1) is 16.2. The molecule has 7 nitrogen and oxygen atoms in total. The van der Waals surface area contributed by atoms with Crippen molar-refractivity contribution in [1.82, 2.24) is 9.97 Å². The molecule has 1 aliphatic rings. The third kappa shape index (κ3) is 4.33. The molecule has 0 aliphatic carbocycles. The number of aromatic nitrogens is 2. The number of hydrogen-bond donors (Lipinski definition) is 2. The minimum absolute atomic E-state index is 0.00170. The van der Waals surface area contributed by atoms with Crippen LogP contribution in [0.3, 0.4) is 0 Å². The highest BCUT2D eigenvalue weighted by atomic mass is 19.4. The molecule has 2 aromatic heterocycles. The minimum atomic E-state index is -4.49. The predicted octanol–water partition coefficient (Wildman–Crippen LogP) is 5.63. The zero-order chi connectivity index (χ0) is 24.0. The maximum absolute atomic E-state index is 13.2. The SMILES string of the molecule is Cc1nc(N[C@H](C)c2cc(N)cc(C(F)(F)F)c2)c2oc3cc(O[C@@H]4CCOC4)ccc3c2n1. The number of anilines is 2. The highest BCUT2D eigenvalue weighted by Gasteiger charge is 2.31. The van der Waals surface area contributed by atoms with Crippen LogP contribution in [-0.2, 0) is 10.9 Å². The fourth-order valence-electron chi connectivity index (χ4n) is 4.08. The topological polar surface area (TPSA) is 95.4 Å². The zero-order valence-corrected chi connectivity index (χ0v) is 18.6. The third-order valence-corrected chi connectivity index (χ3v) is 5.75. The van der Waals surface area contributed by atoms with Gasteiger partial charge in [-0.05, 0) is 49.7 Å². The summed E-state index contributed by atoms with van der Waals surface area (Å²) in [7, 11) is 0. The van der Waals surface area contributed by atoms with Crippen LogP contribution in [0.25, 0.3) is 22.1 Å². The molecule has 0 unspecified atom stereocenters. The largest absolute Gasteiger partial charge is 0.488 e. The second kappa shape index (κ2) is 8.35. The number of halogens is 3. The number of benzene rings is 2. The van der Waals surface area contributed by atoms with E-state index in [1.54, 1.807) is 19.9 Å². The highest BCUT2D eigenvalue weighted by molar-refractivity contribution is 6.06. The van der Waals surface area contributed by atoms with Crippen molar-refractivity contribution in [3.05, 3.63) is 53.3 Å². The molecule has 0 amide bonds. The second-order valence-electron chi connectivity index (χ2n) is 8.41. The molecule has 0 saturated carbocycles. The van der Waals surface area contributed by atoms with Gasteiger partial charge >= 0.3 is 6.18 Å². The zero-order valence-electron chi connectivity index (χ0n) is 18.6. The Bertz CT molecular complexity index is 1360. The summed E-state index contributed by atoms with van der Waals surface area (Å²) in [4.78, 5) is 8.97. The van der Waals surface area contributed by atoms with Gasteiger partial charge in [0.25, 0.3) is 0 Å². The molecule has 1 aliphatic heterocycles. The molecule has 178 valence electrons. The van der Waals surface area contributed by atoms with Crippen LogP contribution in [0.5, 0.6) is 5.75 Å². The van der Waals surface area contributed by atoms with Crippen molar-refractivity contribution in [2.45, 2.75) is 38.6 Å². The molecule has 0 spiro atoms. The molecule has 2 atom stereocenters.